The number of nitrogens with zero attached hydrogens (tertiary/aromatic N) is 1. The first kappa shape index (κ1) is 19.5. The van der Waals surface area contributed by atoms with Crippen LogP contribution in [-0.4, -0.2) is 22.2 Å². The van der Waals surface area contributed by atoms with Gasteiger partial charge in [-0.3, -0.25) is 0 Å². The molecule has 0 spiro atoms. The zero-order valence-electron chi connectivity index (χ0n) is 15.5. The molecule has 0 amide bonds. The summed E-state index contributed by atoms with van der Waals surface area (Å²) >= 11 is 0. The van der Waals surface area contributed by atoms with Gasteiger partial charge in [-0.1, -0.05) is 0 Å². The second kappa shape index (κ2) is 7.88. The number of anilines is 1. The molecule has 0 atom stereocenters. The Labute approximate surface area is 165 Å². The molecule has 1 fully saturated rings. The van der Waals surface area contributed by atoms with Gasteiger partial charge in [-0.25, -0.2) is 18.2 Å². The molecule has 0 radical (unpaired) electrons. The van der Waals surface area contributed by atoms with Gasteiger partial charge in [0, 0.05) is 35.8 Å². The average Bonchev–Trinajstić information content (AvgIpc) is 2.65. The normalized spacial score (nSPS) is 18.6. The number of ether oxygens (including phenoxy) is 1. The van der Waals surface area contributed by atoms with Crippen molar-refractivity contribution < 1.29 is 23.0 Å². The molecule has 2 aromatic carbocycles. The Morgan fingerprint density at radius 2 is 1.90 bits per heavy atom. The van der Waals surface area contributed by atoms with E-state index in [1.807, 2.05) is 0 Å². The van der Waals surface area contributed by atoms with Crippen molar-refractivity contribution in [1.82, 2.24) is 10.3 Å². The molecular formula is C21H20F3N3O2. The van der Waals surface area contributed by atoms with Gasteiger partial charge < -0.3 is 20.9 Å². The third kappa shape index (κ3) is 3.99. The predicted molar refractivity (Wildman–Crippen MR) is 103 cm³/mol. The largest absolute Gasteiger partial charge is 0.487 e. The highest BCUT2D eigenvalue weighted by atomic mass is 19.1. The Bertz CT molecular complexity index is 1060. The van der Waals surface area contributed by atoms with Crippen molar-refractivity contribution in [2.24, 2.45) is 0 Å². The molecule has 4 rings (SSSR count). The van der Waals surface area contributed by atoms with Gasteiger partial charge in [-0.15, -0.1) is 0 Å². The van der Waals surface area contributed by atoms with Crippen molar-refractivity contribution in [2.45, 2.75) is 38.1 Å². The average molecular weight is 403 g/mol. The maximum atomic E-state index is 14.6. The number of benzene rings is 2. The van der Waals surface area contributed by atoms with Crippen LogP contribution in [0, 0.1) is 17.5 Å². The highest BCUT2D eigenvalue weighted by Gasteiger charge is 2.31. The van der Waals surface area contributed by atoms with Crippen LogP contribution in [-0.2, 0) is 13.2 Å². The summed E-state index contributed by atoms with van der Waals surface area (Å²) in [4.78, 5) is 4.02. The van der Waals surface area contributed by atoms with Crippen LogP contribution < -0.4 is 15.8 Å². The van der Waals surface area contributed by atoms with Crippen molar-refractivity contribution in [2.75, 3.05) is 5.73 Å². The number of hydrogen-bond donors (Lipinski definition) is 3. The summed E-state index contributed by atoms with van der Waals surface area (Å²) in [6.07, 6.45) is 2.58. The van der Waals surface area contributed by atoms with Crippen LogP contribution in [0.2, 0.25) is 0 Å². The van der Waals surface area contributed by atoms with Crippen LogP contribution >= 0.6 is 0 Å². The van der Waals surface area contributed by atoms with Gasteiger partial charge in [0.15, 0.2) is 11.6 Å². The Hall–Kier alpha value is -2.84. The van der Waals surface area contributed by atoms with Gasteiger partial charge in [0.1, 0.15) is 23.6 Å². The van der Waals surface area contributed by atoms with Crippen LogP contribution in [0.5, 0.6) is 5.75 Å². The highest BCUT2D eigenvalue weighted by molar-refractivity contribution is 5.89. The van der Waals surface area contributed by atoms with Crippen LogP contribution in [0.1, 0.15) is 24.0 Å². The zero-order valence-corrected chi connectivity index (χ0v) is 15.5. The van der Waals surface area contributed by atoms with Gasteiger partial charge in [0.25, 0.3) is 0 Å². The minimum atomic E-state index is -0.731. The minimum Gasteiger partial charge on any atom is -0.487 e. The molecule has 29 heavy (non-hydrogen) atoms. The van der Waals surface area contributed by atoms with E-state index in [1.165, 1.54) is 18.3 Å². The van der Waals surface area contributed by atoms with Gasteiger partial charge in [-0.05, 0) is 48.1 Å². The molecule has 0 bridgehead atoms. The van der Waals surface area contributed by atoms with Crippen molar-refractivity contribution in [1.29, 1.82) is 0 Å². The molecule has 4 N–H and O–H groups in total. The van der Waals surface area contributed by atoms with Gasteiger partial charge >= 0.3 is 0 Å². The minimum absolute atomic E-state index is 0.0226. The number of halogens is 3. The van der Waals surface area contributed by atoms with Crippen LogP contribution in [0.25, 0.3) is 10.8 Å². The van der Waals surface area contributed by atoms with Gasteiger partial charge in [0.2, 0.25) is 0 Å². The van der Waals surface area contributed by atoms with Gasteiger partial charge in [0.05, 0.1) is 6.61 Å². The van der Waals surface area contributed by atoms with Crippen molar-refractivity contribution >= 4 is 16.6 Å². The fourth-order valence-electron chi connectivity index (χ4n) is 3.56. The smallest absolute Gasteiger partial charge is 0.167 e. The van der Waals surface area contributed by atoms with Crippen molar-refractivity contribution in [3.63, 3.8) is 0 Å². The first-order chi connectivity index (χ1) is 13.9. The summed E-state index contributed by atoms with van der Waals surface area (Å²) < 4.78 is 46.8. The van der Waals surface area contributed by atoms with E-state index in [4.69, 9.17) is 10.5 Å². The monoisotopic (exact) mass is 403 g/mol. The summed E-state index contributed by atoms with van der Waals surface area (Å²) in [5.74, 6) is -1.52. The number of nitrogen functional groups attached to an aromatic ring is 1. The van der Waals surface area contributed by atoms with E-state index in [0.717, 1.165) is 12.1 Å². The molecule has 1 heterocycles. The number of hydrogen-bond acceptors (Lipinski definition) is 5. The maximum Gasteiger partial charge on any atom is 0.167 e. The fraction of sp³-hybridized carbons (Fsp3) is 0.286. The fourth-order valence-corrected chi connectivity index (χ4v) is 3.56. The summed E-state index contributed by atoms with van der Waals surface area (Å²) in [7, 11) is 0. The Kier molecular flexibility index (Phi) is 5.29. The molecule has 0 aliphatic heterocycles. The maximum absolute atomic E-state index is 14.6. The van der Waals surface area contributed by atoms with Gasteiger partial charge in [-0.2, -0.15) is 0 Å². The lowest BCUT2D eigenvalue weighted by molar-refractivity contribution is 0.0801. The number of aliphatic hydroxyl groups excluding tert-OH is 1. The second-order valence-electron chi connectivity index (χ2n) is 7.17. The lowest BCUT2D eigenvalue weighted by Crippen LogP contribution is -2.46. The second-order valence-corrected chi connectivity index (χ2v) is 7.17. The van der Waals surface area contributed by atoms with Crippen LogP contribution in [0.4, 0.5) is 19.0 Å². The molecule has 1 aliphatic carbocycles. The predicted octanol–water partition coefficient (Wildman–Crippen LogP) is 3.43. The third-order valence-electron chi connectivity index (χ3n) is 5.21. The number of pyridine rings is 1. The van der Waals surface area contributed by atoms with Crippen molar-refractivity contribution in [3.05, 3.63) is 65.1 Å². The molecule has 0 saturated heterocycles. The Morgan fingerprint density at radius 1 is 1.10 bits per heavy atom. The van der Waals surface area contributed by atoms with E-state index < -0.39 is 17.5 Å². The van der Waals surface area contributed by atoms with E-state index in [2.05, 4.69) is 10.3 Å². The molecule has 1 aromatic heterocycles. The van der Waals surface area contributed by atoms with Crippen LogP contribution in [0.15, 0.2) is 36.5 Å². The topological polar surface area (TPSA) is 80.4 Å². The molecule has 8 heteroatoms. The van der Waals surface area contributed by atoms with E-state index >= 15 is 0 Å². The number of nitrogens with one attached hydrogen (secondary N) is 1. The third-order valence-corrected chi connectivity index (χ3v) is 5.21. The number of aromatic nitrogens is 1. The summed E-state index contributed by atoms with van der Waals surface area (Å²) in [5, 5.41) is 14.0. The molecule has 1 saturated carbocycles. The van der Waals surface area contributed by atoms with E-state index in [9.17, 15) is 18.3 Å². The number of fused-ring (bicyclic) bond motifs is 1. The molecule has 152 valence electrons. The summed E-state index contributed by atoms with van der Waals surface area (Å²) in [6, 6.07) is 6.19. The molecule has 0 unspecified atom stereocenters. The molecule has 1 aliphatic rings. The first-order valence-electron chi connectivity index (χ1n) is 9.26. The Balaban J connectivity index is 1.41. The SMILES string of the molecule is Nc1cc2c(CNC3CC(Oc4ccc(F)cc4F)C3)c(F)cc(CO)c2cn1. The number of rotatable bonds is 6. The van der Waals surface area contributed by atoms with E-state index in [0.29, 0.717) is 34.7 Å². The molecule has 5 nitrogen and oxygen atoms in total. The lowest BCUT2D eigenvalue weighted by Gasteiger charge is -2.36. The van der Waals surface area contributed by atoms with Crippen molar-refractivity contribution in [3.8, 4) is 5.75 Å². The molecular weight excluding hydrogens is 383 g/mol. The highest BCUT2D eigenvalue weighted by Crippen LogP contribution is 2.30. The van der Waals surface area contributed by atoms with Crippen LogP contribution in [0.3, 0.4) is 0 Å². The summed E-state index contributed by atoms with van der Waals surface area (Å²) in [6.45, 7) is -0.0336. The number of nitrogens with two attached hydrogens (primary N) is 1. The number of aliphatic hydroxyl groups is 1. The summed E-state index contributed by atoms with van der Waals surface area (Å²) in [5.41, 5.74) is 6.65. The zero-order chi connectivity index (χ0) is 20.5. The van der Waals surface area contributed by atoms with E-state index in [-0.39, 0.29) is 36.9 Å². The standard InChI is InChI=1S/C21H20F3N3O2/c22-12-1-2-20(19(24)4-12)29-14-5-13(6-14)26-9-17-15-7-21(25)27-8-16(15)11(10-28)3-18(17)23/h1-4,7-8,13-14,26,28H,5-6,9-10H2,(H2,25,27). The lowest BCUT2D eigenvalue weighted by atomic mass is 9.88. The van der Waals surface area contributed by atoms with E-state index in [1.54, 1.807) is 6.07 Å². The quantitative estimate of drug-likeness (QED) is 0.588. The molecule has 3 aromatic rings. The first-order valence-corrected chi connectivity index (χ1v) is 9.26. The Morgan fingerprint density at radius 3 is 2.62 bits per heavy atom.